The summed E-state index contributed by atoms with van der Waals surface area (Å²) in [7, 11) is -2.32. The van der Waals surface area contributed by atoms with Crippen LogP contribution in [0.5, 0.6) is 0 Å². The van der Waals surface area contributed by atoms with Crippen molar-refractivity contribution >= 4 is 19.5 Å². The SMILES string of the molecule is CCC/C1=N/C2=C(C/C=C\C1)[PH](=O)C(C(=O)OCC)O2. The minimum atomic E-state index is -2.32. The third kappa shape index (κ3) is 3.21. The monoisotopic (exact) mass is 297 g/mol. The van der Waals surface area contributed by atoms with Crippen molar-refractivity contribution < 1.29 is 18.8 Å². The van der Waals surface area contributed by atoms with Crippen LogP contribution in [-0.2, 0) is 18.8 Å². The Morgan fingerprint density at radius 2 is 2.20 bits per heavy atom. The normalized spacial score (nSPS) is 29.6. The Morgan fingerprint density at radius 1 is 1.45 bits per heavy atom. The van der Waals surface area contributed by atoms with Crippen LogP contribution in [0.3, 0.4) is 0 Å². The van der Waals surface area contributed by atoms with Gasteiger partial charge in [-0.1, -0.05) is 25.5 Å². The predicted molar refractivity (Wildman–Crippen MR) is 78.3 cm³/mol. The van der Waals surface area contributed by atoms with Crippen LogP contribution in [0.2, 0.25) is 0 Å². The molecule has 20 heavy (non-hydrogen) atoms. The number of allylic oxidation sites excluding steroid dienone is 3. The summed E-state index contributed by atoms with van der Waals surface area (Å²) in [5, 5.41) is 0.651. The average Bonchev–Trinajstić information content (AvgIpc) is 2.68. The lowest BCUT2D eigenvalue weighted by atomic mass is 10.1. The first-order valence-electron chi connectivity index (χ1n) is 6.99. The van der Waals surface area contributed by atoms with E-state index in [1.807, 2.05) is 12.2 Å². The van der Waals surface area contributed by atoms with Crippen LogP contribution < -0.4 is 0 Å². The molecule has 2 rings (SSSR count). The summed E-state index contributed by atoms with van der Waals surface area (Å²) in [6.45, 7) is 4.05. The van der Waals surface area contributed by atoms with E-state index in [0.29, 0.717) is 17.6 Å². The highest BCUT2D eigenvalue weighted by Crippen LogP contribution is 2.50. The van der Waals surface area contributed by atoms with Gasteiger partial charge >= 0.3 is 5.97 Å². The molecule has 0 N–H and O–H groups in total. The van der Waals surface area contributed by atoms with Crippen molar-refractivity contribution in [2.45, 2.75) is 45.4 Å². The topological polar surface area (TPSA) is 65.0 Å². The van der Waals surface area contributed by atoms with Crippen molar-refractivity contribution in [1.82, 2.24) is 0 Å². The standard InChI is InChI=1S/C14H20NO4P/c1-3-7-10-8-5-6-9-11-12(15-10)19-14(20(11)17)13(16)18-4-2/h5-6,14,20H,3-4,7-9H2,1-2H3/b6-5-,15-10-. The van der Waals surface area contributed by atoms with E-state index in [9.17, 15) is 9.36 Å². The Bertz CT molecular complexity index is 507. The van der Waals surface area contributed by atoms with Gasteiger partial charge in [0.1, 0.15) is 0 Å². The Morgan fingerprint density at radius 3 is 2.90 bits per heavy atom. The van der Waals surface area contributed by atoms with E-state index in [2.05, 4.69) is 11.9 Å². The van der Waals surface area contributed by atoms with Crippen LogP contribution in [0, 0.1) is 0 Å². The van der Waals surface area contributed by atoms with Gasteiger partial charge in [0.2, 0.25) is 11.7 Å². The molecule has 6 heteroatoms. The summed E-state index contributed by atoms with van der Waals surface area (Å²) in [5.41, 5.74) is 0.996. The number of hydrogen-bond acceptors (Lipinski definition) is 5. The first-order valence-corrected chi connectivity index (χ1v) is 8.48. The van der Waals surface area contributed by atoms with E-state index < -0.39 is 19.6 Å². The number of carbonyl (C=O) groups excluding carboxylic acids is 1. The van der Waals surface area contributed by atoms with Gasteiger partial charge in [0.05, 0.1) is 11.9 Å². The predicted octanol–water partition coefficient (Wildman–Crippen LogP) is 3.23. The van der Waals surface area contributed by atoms with Crippen molar-refractivity contribution in [2.24, 2.45) is 4.99 Å². The third-order valence-electron chi connectivity index (χ3n) is 3.16. The highest BCUT2D eigenvalue weighted by molar-refractivity contribution is 7.51. The molecule has 0 aromatic rings. The molecule has 0 fully saturated rings. The van der Waals surface area contributed by atoms with Crippen molar-refractivity contribution in [3.05, 3.63) is 23.3 Å². The van der Waals surface area contributed by atoms with Gasteiger partial charge in [-0.3, -0.25) is 0 Å². The number of carbonyl (C=O) groups is 1. The van der Waals surface area contributed by atoms with E-state index >= 15 is 0 Å². The van der Waals surface area contributed by atoms with Gasteiger partial charge in [-0.25, -0.2) is 9.79 Å². The van der Waals surface area contributed by atoms with E-state index in [1.54, 1.807) is 6.92 Å². The second-order valence-corrected chi connectivity index (χ2v) is 6.56. The number of hydrogen-bond donors (Lipinski definition) is 0. The van der Waals surface area contributed by atoms with Crippen LogP contribution in [0.1, 0.15) is 39.5 Å². The van der Waals surface area contributed by atoms with Gasteiger partial charge in [-0.2, -0.15) is 0 Å². The summed E-state index contributed by atoms with van der Waals surface area (Å²) < 4.78 is 22.8. The first kappa shape index (κ1) is 15.0. The minimum absolute atomic E-state index is 0.253. The highest BCUT2D eigenvalue weighted by Gasteiger charge is 2.39. The van der Waals surface area contributed by atoms with Gasteiger partial charge < -0.3 is 14.0 Å². The van der Waals surface area contributed by atoms with Gasteiger partial charge in [-0.15, -0.1) is 0 Å². The molecule has 2 atom stereocenters. The Labute approximate surface area is 119 Å². The van der Waals surface area contributed by atoms with E-state index in [0.717, 1.165) is 25.0 Å². The Hall–Kier alpha value is -1.35. The number of esters is 1. The fraction of sp³-hybridized carbons (Fsp3) is 0.571. The molecule has 0 saturated heterocycles. The molecule has 0 amide bonds. The third-order valence-corrected chi connectivity index (χ3v) is 5.01. The zero-order valence-corrected chi connectivity index (χ0v) is 12.8. The minimum Gasteiger partial charge on any atom is -0.463 e. The Kier molecular flexibility index (Phi) is 5.18. The maximum Gasteiger partial charge on any atom is 0.355 e. The summed E-state index contributed by atoms with van der Waals surface area (Å²) in [5.74, 6) is -1.18. The summed E-state index contributed by atoms with van der Waals surface area (Å²) in [6, 6.07) is 0. The number of ether oxygens (including phenoxy) is 2. The van der Waals surface area contributed by atoms with Crippen molar-refractivity contribution in [1.29, 1.82) is 0 Å². The molecule has 2 heterocycles. The summed E-state index contributed by atoms with van der Waals surface area (Å²) >= 11 is 0. The average molecular weight is 297 g/mol. The lowest BCUT2D eigenvalue weighted by Crippen LogP contribution is -2.20. The number of aliphatic imine (C=N–C) groups is 1. The van der Waals surface area contributed by atoms with Gasteiger partial charge in [0, 0.05) is 12.1 Å². The number of nitrogens with zero attached hydrogens (tertiary/aromatic N) is 1. The van der Waals surface area contributed by atoms with Crippen LogP contribution in [0.15, 0.2) is 28.3 Å². The molecule has 110 valence electrons. The maximum atomic E-state index is 12.4. The van der Waals surface area contributed by atoms with Crippen LogP contribution in [-0.4, -0.2) is 24.1 Å². The molecule has 2 unspecified atom stereocenters. The molecule has 5 nitrogen and oxygen atoms in total. The molecular formula is C14H20NO4P. The second-order valence-electron chi connectivity index (χ2n) is 4.71. The van der Waals surface area contributed by atoms with E-state index in [4.69, 9.17) is 9.47 Å². The molecule has 0 saturated carbocycles. The fourth-order valence-corrected chi connectivity index (χ4v) is 3.69. The zero-order chi connectivity index (χ0) is 14.5. The van der Waals surface area contributed by atoms with Gasteiger partial charge in [0.25, 0.3) is 0 Å². The van der Waals surface area contributed by atoms with Gasteiger partial charge in [-0.05, 0) is 19.8 Å². The highest BCUT2D eigenvalue weighted by atomic mass is 31.1. The molecule has 0 radical (unpaired) electrons. The van der Waals surface area contributed by atoms with Crippen molar-refractivity contribution in [3.8, 4) is 0 Å². The van der Waals surface area contributed by atoms with Crippen LogP contribution in [0.25, 0.3) is 0 Å². The molecule has 0 aromatic heterocycles. The largest absolute Gasteiger partial charge is 0.463 e. The smallest absolute Gasteiger partial charge is 0.355 e. The molecule has 0 spiro atoms. The molecule has 0 aliphatic carbocycles. The number of rotatable bonds is 4. The quantitative estimate of drug-likeness (QED) is 0.454. The first-order chi connectivity index (χ1) is 9.67. The van der Waals surface area contributed by atoms with Crippen molar-refractivity contribution in [2.75, 3.05) is 6.61 Å². The second kappa shape index (κ2) is 6.89. The van der Waals surface area contributed by atoms with E-state index in [1.165, 1.54) is 0 Å². The van der Waals surface area contributed by atoms with Crippen molar-refractivity contribution in [3.63, 3.8) is 0 Å². The zero-order valence-electron chi connectivity index (χ0n) is 11.8. The summed E-state index contributed by atoms with van der Waals surface area (Å²) in [6.07, 6.45) is 7.18. The lowest BCUT2D eigenvalue weighted by Gasteiger charge is -2.10. The lowest BCUT2D eigenvalue weighted by molar-refractivity contribution is -0.149. The van der Waals surface area contributed by atoms with Crippen LogP contribution >= 0.6 is 7.80 Å². The molecule has 2 aliphatic heterocycles. The van der Waals surface area contributed by atoms with Gasteiger partial charge in [0.15, 0.2) is 7.80 Å². The molecular weight excluding hydrogens is 277 g/mol. The fourth-order valence-electron chi connectivity index (χ4n) is 2.21. The Balaban J connectivity index is 2.24. The summed E-state index contributed by atoms with van der Waals surface area (Å²) in [4.78, 5) is 16.2. The molecule has 0 aromatic carbocycles. The molecule has 2 aliphatic rings. The molecule has 0 bridgehead atoms. The maximum absolute atomic E-state index is 12.4. The van der Waals surface area contributed by atoms with E-state index in [-0.39, 0.29) is 6.61 Å². The van der Waals surface area contributed by atoms with Crippen LogP contribution in [0.4, 0.5) is 0 Å².